The first kappa shape index (κ1) is 23.5. The number of carbonyl (C=O) groups excluding carboxylic acids is 3. The summed E-state index contributed by atoms with van der Waals surface area (Å²) in [6.45, 7) is 1.78. The van der Waals surface area contributed by atoms with Gasteiger partial charge in [-0.3, -0.25) is 14.4 Å². The number of nitrogens with two attached hydrogens (primary N) is 1. The Morgan fingerprint density at radius 3 is 2.64 bits per heavy atom. The minimum Gasteiger partial charge on any atom is -0.478 e. The number of fused-ring (bicyclic) bond motifs is 2. The zero-order valence-electron chi connectivity index (χ0n) is 19.7. The van der Waals surface area contributed by atoms with E-state index < -0.39 is 29.6 Å². The van der Waals surface area contributed by atoms with Crippen LogP contribution in [0.4, 0.5) is 0 Å². The third-order valence-electron chi connectivity index (χ3n) is 7.25. The number of carboxylic acids is 1. The fourth-order valence-electron chi connectivity index (χ4n) is 5.40. The first-order valence-electron chi connectivity index (χ1n) is 11.9. The Bertz CT molecular complexity index is 1410. The molecular formula is C25H26N6O5. The number of nitrogens with one attached hydrogen (secondary N) is 2. The van der Waals surface area contributed by atoms with E-state index in [4.69, 9.17) is 5.73 Å². The van der Waals surface area contributed by atoms with Crippen LogP contribution >= 0.6 is 0 Å². The van der Waals surface area contributed by atoms with E-state index >= 15 is 0 Å². The predicted molar refractivity (Wildman–Crippen MR) is 127 cm³/mol. The van der Waals surface area contributed by atoms with Crippen LogP contribution in [-0.4, -0.2) is 49.4 Å². The van der Waals surface area contributed by atoms with Crippen molar-refractivity contribution < 1.29 is 24.3 Å². The standard InChI is InChI=1S/C25H26N6O5/c1-12-13-7-8-18(15(13)6-5-14(12)25(35)36)30-24(34)20-11-19(28-21-9-10-27-31(20)21)23(33)29-17-4-2-3-16(17)22(26)32/h5-6,9-11,16-18H,2-4,7-8H2,1H3,(H2,26,32)(H,29,33)(H,30,34)(H,35,36)/t16-,17+,18+/m1/s1. The van der Waals surface area contributed by atoms with Crippen molar-refractivity contribution in [2.75, 3.05) is 0 Å². The molecule has 186 valence electrons. The van der Waals surface area contributed by atoms with Gasteiger partial charge in [0.05, 0.1) is 23.7 Å². The maximum Gasteiger partial charge on any atom is 0.335 e. The molecule has 2 aromatic heterocycles. The molecule has 0 unspecified atom stereocenters. The second kappa shape index (κ2) is 9.06. The third-order valence-corrected chi connectivity index (χ3v) is 7.25. The van der Waals surface area contributed by atoms with E-state index in [1.54, 1.807) is 25.1 Å². The Hall–Kier alpha value is -4.28. The summed E-state index contributed by atoms with van der Waals surface area (Å²) in [4.78, 5) is 53.9. The lowest BCUT2D eigenvalue weighted by molar-refractivity contribution is -0.122. The van der Waals surface area contributed by atoms with Crippen LogP contribution in [0, 0.1) is 12.8 Å². The molecule has 5 rings (SSSR count). The molecule has 5 N–H and O–H groups in total. The van der Waals surface area contributed by atoms with Crippen molar-refractivity contribution in [3.63, 3.8) is 0 Å². The molecule has 1 aromatic carbocycles. The maximum atomic E-state index is 13.4. The van der Waals surface area contributed by atoms with Crippen LogP contribution in [0.2, 0.25) is 0 Å². The Labute approximate surface area is 206 Å². The molecule has 11 heteroatoms. The predicted octanol–water partition coefficient (Wildman–Crippen LogP) is 1.54. The lowest BCUT2D eigenvalue weighted by Crippen LogP contribution is -2.42. The fourth-order valence-corrected chi connectivity index (χ4v) is 5.40. The van der Waals surface area contributed by atoms with E-state index in [9.17, 15) is 24.3 Å². The van der Waals surface area contributed by atoms with Gasteiger partial charge in [-0.05, 0) is 55.4 Å². The minimum atomic E-state index is -0.980. The van der Waals surface area contributed by atoms with Crippen molar-refractivity contribution in [2.45, 2.75) is 51.1 Å². The number of carbonyl (C=O) groups is 4. The van der Waals surface area contributed by atoms with Crippen LogP contribution in [0.25, 0.3) is 5.65 Å². The van der Waals surface area contributed by atoms with Crippen LogP contribution in [0.3, 0.4) is 0 Å². The molecule has 3 atom stereocenters. The van der Waals surface area contributed by atoms with E-state index in [1.165, 1.54) is 16.8 Å². The van der Waals surface area contributed by atoms with Crippen LogP contribution < -0.4 is 16.4 Å². The molecule has 36 heavy (non-hydrogen) atoms. The van der Waals surface area contributed by atoms with E-state index in [2.05, 4.69) is 20.7 Å². The molecule has 1 saturated carbocycles. The summed E-state index contributed by atoms with van der Waals surface area (Å²) in [6.07, 6.45) is 4.82. The minimum absolute atomic E-state index is 0.0389. The molecule has 3 amide bonds. The highest BCUT2D eigenvalue weighted by atomic mass is 16.4. The Morgan fingerprint density at radius 2 is 1.89 bits per heavy atom. The second-order valence-electron chi connectivity index (χ2n) is 9.32. The molecule has 11 nitrogen and oxygen atoms in total. The van der Waals surface area contributed by atoms with Crippen molar-refractivity contribution in [1.82, 2.24) is 25.2 Å². The van der Waals surface area contributed by atoms with Crippen molar-refractivity contribution in [1.29, 1.82) is 0 Å². The highest BCUT2D eigenvalue weighted by molar-refractivity contribution is 5.99. The van der Waals surface area contributed by atoms with Crippen molar-refractivity contribution in [2.24, 2.45) is 11.7 Å². The van der Waals surface area contributed by atoms with Gasteiger partial charge in [0.15, 0.2) is 5.65 Å². The number of primary amides is 1. The number of hydrogen-bond acceptors (Lipinski definition) is 6. The van der Waals surface area contributed by atoms with Gasteiger partial charge in [0.25, 0.3) is 11.8 Å². The van der Waals surface area contributed by atoms with Gasteiger partial charge in [-0.2, -0.15) is 5.10 Å². The topological polar surface area (TPSA) is 169 Å². The zero-order valence-corrected chi connectivity index (χ0v) is 19.7. The molecule has 0 aliphatic heterocycles. The molecule has 0 spiro atoms. The lowest BCUT2D eigenvalue weighted by Gasteiger charge is -2.19. The number of amides is 3. The number of rotatable bonds is 6. The van der Waals surface area contributed by atoms with Gasteiger partial charge in [0, 0.05) is 18.2 Å². The summed E-state index contributed by atoms with van der Waals surface area (Å²) in [7, 11) is 0. The first-order valence-corrected chi connectivity index (χ1v) is 11.9. The number of benzene rings is 1. The summed E-state index contributed by atoms with van der Waals surface area (Å²) in [5, 5.41) is 19.4. The van der Waals surface area contributed by atoms with Crippen LogP contribution in [0.15, 0.2) is 30.5 Å². The van der Waals surface area contributed by atoms with E-state index in [0.29, 0.717) is 36.9 Å². The van der Waals surface area contributed by atoms with Gasteiger partial charge < -0.3 is 21.5 Å². The molecule has 2 aliphatic carbocycles. The van der Waals surface area contributed by atoms with Crippen molar-refractivity contribution in [3.8, 4) is 0 Å². The monoisotopic (exact) mass is 490 g/mol. The van der Waals surface area contributed by atoms with Crippen LogP contribution in [-0.2, 0) is 11.2 Å². The zero-order chi connectivity index (χ0) is 25.6. The molecule has 0 radical (unpaired) electrons. The molecule has 0 bridgehead atoms. The molecular weight excluding hydrogens is 464 g/mol. The number of aromatic carboxylic acids is 1. The largest absolute Gasteiger partial charge is 0.478 e. The third kappa shape index (κ3) is 4.06. The summed E-state index contributed by atoms with van der Waals surface area (Å²) < 4.78 is 1.36. The number of nitrogens with zero attached hydrogens (tertiary/aromatic N) is 3. The number of carboxylic acid groups (broad SMARTS) is 1. The second-order valence-corrected chi connectivity index (χ2v) is 9.32. The van der Waals surface area contributed by atoms with Gasteiger partial charge in [-0.1, -0.05) is 12.5 Å². The Balaban J connectivity index is 1.40. The number of aromatic nitrogens is 3. The summed E-state index contributed by atoms with van der Waals surface area (Å²) in [5.74, 6) is -2.78. The molecule has 1 fully saturated rings. The SMILES string of the molecule is Cc1c(C(=O)O)ccc2c1CC[C@@H]2NC(=O)c1cc(C(=O)N[C@H]2CCC[C@H]2C(N)=O)nc2ccnn12. The van der Waals surface area contributed by atoms with Gasteiger partial charge in [-0.25, -0.2) is 14.3 Å². The van der Waals surface area contributed by atoms with Crippen molar-refractivity contribution in [3.05, 3.63) is 64.1 Å². The average Bonchev–Trinajstić information content (AvgIpc) is 3.58. The quantitative estimate of drug-likeness (QED) is 0.406. The summed E-state index contributed by atoms with van der Waals surface area (Å²) >= 11 is 0. The lowest BCUT2D eigenvalue weighted by atomic mass is 9.98. The van der Waals surface area contributed by atoms with Gasteiger partial charge >= 0.3 is 5.97 Å². The summed E-state index contributed by atoms with van der Waals surface area (Å²) in [6, 6.07) is 5.60. The molecule has 0 saturated heterocycles. The normalized spacial score (nSPS) is 20.8. The van der Waals surface area contributed by atoms with Crippen molar-refractivity contribution >= 4 is 29.3 Å². The van der Waals surface area contributed by atoms with E-state index in [0.717, 1.165) is 17.5 Å². The number of hydrogen-bond donors (Lipinski definition) is 4. The van der Waals surface area contributed by atoms with Gasteiger partial charge in [0.1, 0.15) is 11.4 Å². The molecule has 3 aromatic rings. The highest BCUT2D eigenvalue weighted by Gasteiger charge is 2.33. The van der Waals surface area contributed by atoms with Crippen LogP contribution in [0.5, 0.6) is 0 Å². The molecule has 2 aliphatic rings. The summed E-state index contributed by atoms with van der Waals surface area (Å²) in [5.41, 5.74) is 8.75. The van der Waals surface area contributed by atoms with Crippen LogP contribution in [0.1, 0.15) is 79.8 Å². The van der Waals surface area contributed by atoms with E-state index in [-0.39, 0.29) is 29.0 Å². The maximum absolute atomic E-state index is 13.4. The highest BCUT2D eigenvalue weighted by Crippen LogP contribution is 2.35. The van der Waals surface area contributed by atoms with Gasteiger partial charge in [0.2, 0.25) is 5.91 Å². The van der Waals surface area contributed by atoms with Gasteiger partial charge in [-0.15, -0.1) is 0 Å². The fraction of sp³-hybridized carbons (Fsp3) is 0.360. The average molecular weight is 491 g/mol. The Morgan fingerprint density at radius 1 is 1.08 bits per heavy atom. The smallest absolute Gasteiger partial charge is 0.335 e. The first-order chi connectivity index (χ1) is 17.2. The molecule has 2 heterocycles. The van der Waals surface area contributed by atoms with E-state index in [1.807, 2.05) is 0 Å². The Kier molecular flexibility index (Phi) is 5.91.